The zero-order chi connectivity index (χ0) is 16.6. The van der Waals surface area contributed by atoms with Gasteiger partial charge in [0.15, 0.2) is 0 Å². The summed E-state index contributed by atoms with van der Waals surface area (Å²) in [6, 6.07) is 11.6. The van der Waals surface area contributed by atoms with Crippen molar-refractivity contribution < 1.29 is 9.13 Å². The van der Waals surface area contributed by atoms with E-state index >= 15 is 0 Å². The molecule has 0 bridgehead atoms. The van der Waals surface area contributed by atoms with Crippen LogP contribution < -0.4 is 10.3 Å². The van der Waals surface area contributed by atoms with Crippen LogP contribution in [0.2, 0.25) is 5.02 Å². The van der Waals surface area contributed by atoms with E-state index < -0.39 is 5.82 Å². The van der Waals surface area contributed by atoms with Gasteiger partial charge in [-0.3, -0.25) is 4.79 Å². The number of para-hydroxylation sites is 1. The quantitative estimate of drug-likeness (QED) is 0.721. The molecule has 0 amide bonds. The Morgan fingerprint density at radius 1 is 1.22 bits per heavy atom. The van der Waals surface area contributed by atoms with Crippen molar-refractivity contribution in [3.63, 3.8) is 0 Å². The number of pyridine rings is 1. The maximum Gasteiger partial charge on any atom is 0.251 e. The van der Waals surface area contributed by atoms with Gasteiger partial charge in [-0.2, -0.15) is 0 Å². The highest BCUT2D eigenvalue weighted by atomic mass is 35.5. The molecule has 0 N–H and O–H groups in total. The first-order chi connectivity index (χ1) is 11.0. The highest BCUT2D eigenvalue weighted by Crippen LogP contribution is 2.28. The Hall–Kier alpha value is -2.33. The van der Waals surface area contributed by atoms with Crippen LogP contribution in [-0.4, -0.2) is 11.7 Å². The molecule has 0 saturated carbocycles. The van der Waals surface area contributed by atoms with Crippen molar-refractivity contribution in [2.45, 2.75) is 13.5 Å². The van der Waals surface area contributed by atoms with Gasteiger partial charge in [0.25, 0.3) is 5.56 Å². The predicted octanol–water partition coefficient (Wildman–Crippen LogP) is 4.16. The van der Waals surface area contributed by atoms with Crippen LogP contribution in [-0.2, 0) is 6.54 Å². The van der Waals surface area contributed by atoms with Gasteiger partial charge < -0.3 is 9.30 Å². The Labute approximate surface area is 137 Å². The molecule has 0 spiro atoms. The SMILES string of the molecule is COc1cccc2c(C)cc(=O)n(Cc3c(F)cccc3Cl)c12. The summed E-state index contributed by atoms with van der Waals surface area (Å²) in [5, 5.41) is 1.18. The van der Waals surface area contributed by atoms with Gasteiger partial charge in [0, 0.05) is 22.0 Å². The van der Waals surface area contributed by atoms with Crippen molar-refractivity contribution in [2.24, 2.45) is 0 Å². The second-order valence-electron chi connectivity index (χ2n) is 5.31. The van der Waals surface area contributed by atoms with Gasteiger partial charge in [0.1, 0.15) is 11.6 Å². The van der Waals surface area contributed by atoms with E-state index in [9.17, 15) is 9.18 Å². The average molecular weight is 332 g/mol. The number of ether oxygens (including phenoxy) is 1. The van der Waals surface area contributed by atoms with Crippen LogP contribution in [0, 0.1) is 12.7 Å². The Kier molecular flexibility index (Phi) is 4.09. The largest absolute Gasteiger partial charge is 0.495 e. The molecular formula is C18H15ClFNO2. The normalized spacial score (nSPS) is 11.0. The second kappa shape index (κ2) is 6.05. The molecule has 118 valence electrons. The van der Waals surface area contributed by atoms with Crippen molar-refractivity contribution in [3.05, 3.63) is 74.8 Å². The van der Waals surface area contributed by atoms with Gasteiger partial charge in [-0.15, -0.1) is 0 Å². The van der Waals surface area contributed by atoms with E-state index in [1.807, 2.05) is 19.1 Å². The van der Waals surface area contributed by atoms with Crippen molar-refractivity contribution >= 4 is 22.5 Å². The van der Waals surface area contributed by atoms with E-state index in [2.05, 4.69) is 0 Å². The smallest absolute Gasteiger partial charge is 0.251 e. The van der Waals surface area contributed by atoms with Crippen molar-refractivity contribution in [1.29, 1.82) is 0 Å². The first-order valence-electron chi connectivity index (χ1n) is 7.13. The number of nitrogens with zero attached hydrogens (tertiary/aromatic N) is 1. The lowest BCUT2D eigenvalue weighted by Gasteiger charge is -2.16. The molecular weight excluding hydrogens is 317 g/mol. The molecule has 0 aliphatic heterocycles. The molecule has 5 heteroatoms. The standard InChI is InChI=1S/C18H15ClFNO2/c1-11-9-17(22)21(10-13-14(19)6-4-7-15(13)20)18-12(11)5-3-8-16(18)23-2/h3-9H,10H2,1-2H3. The van der Waals surface area contributed by atoms with Gasteiger partial charge in [-0.25, -0.2) is 4.39 Å². The zero-order valence-corrected chi connectivity index (χ0v) is 13.5. The first kappa shape index (κ1) is 15.6. The van der Waals surface area contributed by atoms with Gasteiger partial charge in [-0.05, 0) is 30.7 Å². The van der Waals surface area contributed by atoms with E-state index in [1.165, 1.54) is 22.8 Å². The fraction of sp³-hybridized carbons (Fsp3) is 0.167. The molecule has 0 aliphatic carbocycles. The number of fused-ring (bicyclic) bond motifs is 1. The maximum atomic E-state index is 14.1. The lowest BCUT2D eigenvalue weighted by Crippen LogP contribution is -2.22. The third-order valence-electron chi connectivity index (χ3n) is 3.90. The number of methoxy groups -OCH3 is 1. The number of halogens is 2. The fourth-order valence-electron chi connectivity index (χ4n) is 2.73. The summed E-state index contributed by atoms with van der Waals surface area (Å²) in [6.07, 6.45) is 0. The molecule has 1 aromatic heterocycles. The second-order valence-corrected chi connectivity index (χ2v) is 5.72. The summed E-state index contributed by atoms with van der Waals surface area (Å²) < 4.78 is 21.0. The van der Waals surface area contributed by atoms with Gasteiger partial charge in [0.05, 0.1) is 19.2 Å². The topological polar surface area (TPSA) is 31.2 Å². The highest BCUT2D eigenvalue weighted by Gasteiger charge is 2.14. The molecule has 0 radical (unpaired) electrons. The molecule has 23 heavy (non-hydrogen) atoms. The van der Waals surface area contributed by atoms with Crippen LogP contribution in [0.25, 0.3) is 10.9 Å². The minimum Gasteiger partial charge on any atom is -0.495 e. The minimum absolute atomic E-state index is 0.0431. The van der Waals surface area contributed by atoms with E-state index in [-0.39, 0.29) is 17.7 Å². The van der Waals surface area contributed by atoms with Crippen molar-refractivity contribution in [2.75, 3.05) is 7.11 Å². The summed E-state index contributed by atoms with van der Waals surface area (Å²) in [5.74, 6) is 0.129. The Morgan fingerprint density at radius 3 is 2.65 bits per heavy atom. The van der Waals surface area contributed by atoms with Crippen molar-refractivity contribution in [1.82, 2.24) is 4.57 Å². The summed E-state index contributed by atoms with van der Waals surface area (Å²) in [5.41, 5.74) is 1.55. The van der Waals surface area contributed by atoms with Crippen LogP contribution in [0.3, 0.4) is 0 Å². The van der Waals surface area contributed by atoms with Gasteiger partial charge in [0.2, 0.25) is 0 Å². The number of hydrogen-bond donors (Lipinski definition) is 0. The predicted molar refractivity (Wildman–Crippen MR) is 90.0 cm³/mol. The van der Waals surface area contributed by atoms with Crippen molar-refractivity contribution in [3.8, 4) is 5.75 Å². The highest BCUT2D eigenvalue weighted by molar-refractivity contribution is 6.31. The summed E-state index contributed by atoms with van der Waals surface area (Å²) in [7, 11) is 1.54. The molecule has 2 aromatic carbocycles. The van der Waals surface area contributed by atoms with Crippen LogP contribution in [0.4, 0.5) is 4.39 Å². The van der Waals surface area contributed by atoms with E-state index in [0.717, 1.165) is 10.9 Å². The van der Waals surface area contributed by atoms with E-state index in [4.69, 9.17) is 16.3 Å². The number of aryl methyl sites for hydroxylation is 1. The number of aromatic nitrogens is 1. The number of benzene rings is 2. The third kappa shape index (κ3) is 2.70. The summed E-state index contributed by atoms with van der Waals surface area (Å²) in [4.78, 5) is 12.5. The molecule has 0 aliphatic rings. The Balaban J connectivity index is 2.31. The van der Waals surface area contributed by atoms with Gasteiger partial charge in [-0.1, -0.05) is 29.8 Å². The van der Waals surface area contributed by atoms with E-state index in [1.54, 1.807) is 19.2 Å². The molecule has 0 fully saturated rings. The molecule has 1 heterocycles. The molecule has 3 nitrogen and oxygen atoms in total. The zero-order valence-electron chi connectivity index (χ0n) is 12.8. The molecule has 3 rings (SSSR count). The molecule has 0 atom stereocenters. The average Bonchev–Trinajstić information content (AvgIpc) is 2.53. The molecule has 0 saturated heterocycles. The molecule has 3 aromatic rings. The monoisotopic (exact) mass is 331 g/mol. The fourth-order valence-corrected chi connectivity index (χ4v) is 2.96. The lowest BCUT2D eigenvalue weighted by atomic mass is 10.1. The third-order valence-corrected chi connectivity index (χ3v) is 4.25. The summed E-state index contributed by atoms with van der Waals surface area (Å²) >= 11 is 6.10. The Morgan fingerprint density at radius 2 is 1.96 bits per heavy atom. The lowest BCUT2D eigenvalue weighted by molar-refractivity contribution is 0.417. The number of hydrogen-bond acceptors (Lipinski definition) is 2. The number of rotatable bonds is 3. The first-order valence-corrected chi connectivity index (χ1v) is 7.50. The van der Waals surface area contributed by atoms with Crippen LogP contribution in [0.1, 0.15) is 11.1 Å². The van der Waals surface area contributed by atoms with Crippen LogP contribution in [0.15, 0.2) is 47.3 Å². The maximum absolute atomic E-state index is 14.1. The van der Waals surface area contributed by atoms with Crippen LogP contribution in [0.5, 0.6) is 5.75 Å². The van der Waals surface area contributed by atoms with Gasteiger partial charge >= 0.3 is 0 Å². The summed E-state index contributed by atoms with van der Waals surface area (Å²) in [6.45, 7) is 1.91. The Bertz CT molecular complexity index is 929. The minimum atomic E-state index is -0.437. The molecule has 0 unspecified atom stereocenters. The van der Waals surface area contributed by atoms with Crippen LogP contribution >= 0.6 is 11.6 Å². The van der Waals surface area contributed by atoms with E-state index in [0.29, 0.717) is 16.3 Å².